The molecular formula is C11H12BrClO. The summed E-state index contributed by atoms with van der Waals surface area (Å²) in [5.74, 6) is 0.594. The van der Waals surface area contributed by atoms with Crippen LogP contribution < -0.4 is 0 Å². The first-order chi connectivity index (χ1) is 6.77. The average Bonchev–Trinajstić information content (AvgIpc) is 2.23. The molecular weight excluding hydrogens is 263 g/mol. The molecule has 76 valence electrons. The molecule has 1 fully saturated rings. The number of rotatable bonds is 1. The molecule has 0 aromatic heterocycles. The maximum atomic E-state index is 5.98. The van der Waals surface area contributed by atoms with Crippen LogP contribution in [0.5, 0.6) is 0 Å². The van der Waals surface area contributed by atoms with Crippen LogP contribution >= 0.6 is 27.5 Å². The fraction of sp³-hybridized carbons (Fsp3) is 0.455. The van der Waals surface area contributed by atoms with E-state index in [2.05, 4.69) is 22.0 Å². The maximum absolute atomic E-state index is 5.98. The van der Waals surface area contributed by atoms with Gasteiger partial charge in [-0.25, -0.2) is 0 Å². The molecule has 0 unspecified atom stereocenters. The Bertz CT molecular complexity index is 321. The Hall–Kier alpha value is -0.0500. The van der Waals surface area contributed by atoms with Gasteiger partial charge in [0.05, 0.1) is 0 Å². The summed E-state index contributed by atoms with van der Waals surface area (Å²) in [6.45, 7) is 1.73. The third-order valence-electron chi connectivity index (χ3n) is 2.62. The lowest BCUT2D eigenvalue weighted by Gasteiger charge is -2.23. The van der Waals surface area contributed by atoms with Gasteiger partial charge in [-0.05, 0) is 42.5 Å². The van der Waals surface area contributed by atoms with Gasteiger partial charge in [-0.2, -0.15) is 0 Å². The van der Waals surface area contributed by atoms with E-state index < -0.39 is 0 Å². The van der Waals surface area contributed by atoms with Crippen molar-refractivity contribution in [2.45, 2.75) is 18.8 Å². The predicted molar refractivity (Wildman–Crippen MR) is 61.9 cm³/mol. The van der Waals surface area contributed by atoms with Crippen molar-refractivity contribution in [3.63, 3.8) is 0 Å². The SMILES string of the molecule is Clc1ccc(Br)c(C2CCOCC2)c1. The van der Waals surface area contributed by atoms with Crippen molar-refractivity contribution in [2.75, 3.05) is 13.2 Å². The summed E-state index contributed by atoms with van der Waals surface area (Å²) in [4.78, 5) is 0. The molecule has 1 aliphatic heterocycles. The molecule has 3 heteroatoms. The zero-order chi connectivity index (χ0) is 9.97. The van der Waals surface area contributed by atoms with E-state index in [-0.39, 0.29) is 0 Å². The van der Waals surface area contributed by atoms with Crippen LogP contribution in [0, 0.1) is 0 Å². The molecule has 0 radical (unpaired) electrons. The van der Waals surface area contributed by atoms with Gasteiger partial charge in [-0.1, -0.05) is 27.5 Å². The van der Waals surface area contributed by atoms with E-state index in [1.54, 1.807) is 0 Å². The van der Waals surface area contributed by atoms with Gasteiger partial charge in [-0.15, -0.1) is 0 Å². The van der Waals surface area contributed by atoms with E-state index in [1.165, 1.54) is 5.56 Å². The molecule has 0 aliphatic carbocycles. The van der Waals surface area contributed by atoms with Crippen LogP contribution in [-0.2, 0) is 4.74 Å². The molecule has 0 N–H and O–H groups in total. The molecule has 1 aromatic rings. The zero-order valence-electron chi connectivity index (χ0n) is 7.80. The highest BCUT2D eigenvalue weighted by Crippen LogP contribution is 2.33. The van der Waals surface area contributed by atoms with E-state index in [4.69, 9.17) is 16.3 Å². The first-order valence-electron chi connectivity index (χ1n) is 4.80. The van der Waals surface area contributed by atoms with E-state index in [9.17, 15) is 0 Å². The number of ether oxygens (including phenoxy) is 1. The van der Waals surface area contributed by atoms with E-state index in [1.807, 2.05) is 12.1 Å². The van der Waals surface area contributed by atoms with E-state index >= 15 is 0 Å². The van der Waals surface area contributed by atoms with Crippen molar-refractivity contribution in [3.8, 4) is 0 Å². The molecule has 1 saturated heterocycles. The summed E-state index contributed by atoms with van der Waals surface area (Å²) in [6, 6.07) is 5.99. The first-order valence-corrected chi connectivity index (χ1v) is 5.97. The van der Waals surface area contributed by atoms with Gasteiger partial charge in [0.2, 0.25) is 0 Å². The summed E-state index contributed by atoms with van der Waals surface area (Å²) in [5, 5.41) is 0.815. The summed E-state index contributed by atoms with van der Waals surface area (Å²) in [5.41, 5.74) is 1.32. The van der Waals surface area contributed by atoms with Crippen molar-refractivity contribution in [1.82, 2.24) is 0 Å². The third-order valence-corrected chi connectivity index (χ3v) is 3.58. The summed E-state index contributed by atoms with van der Waals surface area (Å²) >= 11 is 9.55. The van der Waals surface area contributed by atoms with Crippen molar-refractivity contribution in [1.29, 1.82) is 0 Å². The van der Waals surface area contributed by atoms with Crippen molar-refractivity contribution in [2.24, 2.45) is 0 Å². The lowest BCUT2D eigenvalue weighted by molar-refractivity contribution is 0.0852. The first kappa shape index (κ1) is 10.5. The quantitative estimate of drug-likeness (QED) is 0.753. The van der Waals surface area contributed by atoms with Gasteiger partial charge >= 0.3 is 0 Å². The number of hydrogen-bond acceptors (Lipinski definition) is 1. The third kappa shape index (κ3) is 2.30. The van der Waals surface area contributed by atoms with Crippen molar-refractivity contribution in [3.05, 3.63) is 33.3 Å². The predicted octanol–water partition coefficient (Wildman–Crippen LogP) is 4.00. The Morgan fingerprint density at radius 3 is 2.71 bits per heavy atom. The lowest BCUT2D eigenvalue weighted by atomic mass is 9.92. The van der Waals surface area contributed by atoms with Crippen LogP contribution in [0.1, 0.15) is 24.3 Å². The van der Waals surface area contributed by atoms with Crippen molar-refractivity contribution < 1.29 is 4.74 Å². The second-order valence-electron chi connectivity index (χ2n) is 3.55. The topological polar surface area (TPSA) is 9.23 Å². The smallest absolute Gasteiger partial charge is 0.0471 e. The van der Waals surface area contributed by atoms with Gasteiger partial charge in [0.25, 0.3) is 0 Å². The highest BCUT2D eigenvalue weighted by molar-refractivity contribution is 9.10. The van der Waals surface area contributed by atoms with Gasteiger partial charge in [0.15, 0.2) is 0 Å². The largest absolute Gasteiger partial charge is 0.381 e. The zero-order valence-corrected chi connectivity index (χ0v) is 10.1. The minimum atomic E-state index is 0.594. The highest BCUT2D eigenvalue weighted by Gasteiger charge is 2.18. The Balaban J connectivity index is 2.24. The van der Waals surface area contributed by atoms with Gasteiger partial charge < -0.3 is 4.74 Å². The number of benzene rings is 1. The molecule has 1 heterocycles. The van der Waals surface area contributed by atoms with Crippen LogP contribution in [0.15, 0.2) is 22.7 Å². The Kier molecular flexibility index (Phi) is 3.47. The average molecular weight is 276 g/mol. The fourth-order valence-corrected chi connectivity index (χ4v) is 2.59. The van der Waals surface area contributed by atoms with Crippen molar-refractivity contribution >= 4 is 27.5 Å². The monoisotopic (exact) mass is 274 g/mol. The van der Waals surface area contributed by atoms with Crippen LogP contribution in [0.25, 0.3) is 0 Å². The highest BCUT2D eigenvalue weighted by atomic mass is 79.9. The van der Waals surface area contributed by atoms with Gasteiger partial charge in [0, 0.05) is 22.7 Å². The molecule has 0 atom stereocenters. The molecule has 1 nitrogen and oxygen atoms in total. The number of hydrogen-bond donors (Lipinski definition) is 0. The molecule has 0 spiro atoms. The fourth-order valence-electron chi connectivity index (χ4n) is 1.84. The Morgan fingerprint density at radius 2 is 2.00 bits per heavy atom. The molecule has 2 rings (SSSR count). The molecule has 14 heavy (non-hydrogen) atoms. The second-order valence-corrected chi connectivity index (χ2v) is 4.84. The van der Waals surface area contributed by atoms with E-state index in [0.29, 0.717) is 5.92 Å². The normalized spacial score (nSPS) is 18.4. The van der Waals surface area contributed by atoms with Crippen LogP contribution in [0.4, 0.5) is 0 Å². The molecule has 0 bridgehead atoms. The van der Waals surface area contributed by atoms with Crippen LogP contribution in [0.3, 0.4) is 0 Å². The Morgan fingerprint density at radius 1 is 1.29 bits per heavy atom. The summed E-state index contributed by atoms with van der Waals surface area (Å²) in [6.07, 6.45) is 2.19. The molecule has 1 aliphatic rings. The minimum Gasteiger partial charge on any atom is -0.381 e. The van der Waals surface area contributed by atoms with Gasteiger partial charge in [-0.3, -0.25) is 0 Å². The summed E-state index contributed by atoms with van der Waals surface area (Å²) in [7, 11) is 0. The standard InChI is InChI=1S/C11H12BrClO/c12-11-2-1-9(13)7-10(11)8-3-5-14-6-4-8/h1-2,7-8H,3-6H2. The summed E-state index contributed by atoms with van der Waals surface area (Å²) < 4.78 is 6.50. The molecule has 0 amide bonds. The number of halogens is 2. The van der Waals surface area contributed by atoms with Crippen LogP contribution in [0.2, 0.25) is 5.02 Å². The Labute approximate surface area is 97.5 Å². The van der Waals surface area contributed by atoms with Gasteiger partial charge in [0.1, 0.15) is 0 Å². The lowest BCUT2D eigenvalue weighted by Crippen LogP contribution is -2.14. The second kappa shape index (κ2) is 4.65. The molecule has 1 aromatic carbocycles. The molecule has 0 saturated carbocycles. The van der Waals surface area contributed by atoms with Crippen LogP contribution in [-0.4, -0.2) is 13.2 Å². The maximum Gasteiger partial charge on any atom is 0.0471 e. The van der Waals surface area contributed by atoms with E-state index in [0.717, 1.165) is 35.6 Å². The minimum absolute atomic E-state index is 0.594.